The highest BCUT2D eigenvalue weighted by Gasteiger charge is 2.08. The summed E-state index contributed by atoms with van der Waals surface area (Å²) in [6.07, 6.45) is 0. The number of ether oxygens (including phenoxy) is 1. The molecule has 0 spiro atoms. The summed E-state index contributed by atoms with van der Waals surface area (Å²) in [5, 5.41) is 13.8. The van der Waals surface area contributed by atoms with Gasteiger partial charge in [0.15, 0.2) is 0 Å². The number of halogens is 2. The molecule has 2 aromatic rings. The van der Waals surface area contributed by atoms with Crippen LogP contribution in [0.3, 0.4) is 0 Å². The lowest BCUT2D eigenvalue weighted by Crippen LogP contribution is -2.18. The summed E-state index contributed by atoms with van der Waals surface area (Å²) in [5.41, 5.74) is 0.647. The van der Waals surface area contributed by atoms with Crippen molar-refractivity contribution in [3.8, 4) is 0 Å². The molecule has 0 radical (unpaired) electrons. The molecule has 1 aromatic carbocycles. The van der Waals surface area contributed by atoms with Crippen LogP contribution in [0.4, 0.5) is 16.1 Å². The van der Waals surface area contributed by atoms with Crippen LogP contribution in [0.25, 0.3) is 0 Å². The van der Waals surface area contributed by atoms with E-state index < -0.39 is 0 Å². The van der Waals surface area contributed by atoms with E-state index in [0.717, 1.165) is 0 Å². The third kappa shape index (κ3) is 4.26. The minimum atomic E-state index is -0.323. The summed E-state index contributed by atoms with van der Waals surface area (Å²) < 4.78 is 23.9. The minimum Gasteiger partial charge on any atom is -0.406 e. The Morgan fingerprint density at radius 1 is 1.40 bits per heavy atom. The third-order valence-electron chi connectivity index (χ3n) is 2.40. The van der Waals surface area contributed by atoms with Crippen LogP contribution in [-0.2, 0) is 11.3 Å². The summed E-state index contributed by atoms with van der Waals surface area (Å²) in [6, 6.07) is 4.53. The van der Waals surface area contributed by atoms with Crippen LogP contribution in [0.15, 0.2) is 27.1 Å². The molecular weight excluding hydrogens is 331 g/mol. The van der Waals surface area contributed by atoms with Crippen LogP contribution in [0.1, 0.15) is 5.89 Å². The molecule has 0 saturated carbocycles. The average Bonchev–Trinajstić information content (AvgIpc) is 2.86. The highest BCUT2D eigenvalue weighted by Crippen LogP contribution is 2.25. The van der Waals surface area contributed by atoms with Gasteiger partial charge in [0, 0.05) is 18.1 Å². The molecule has 0 amide bonds. The monoisotopic (exact) mass is 344 g/mol. The van der Waals surface area contributed by atoms with Crippen LogP contribution in [0.2, 0.25) is 0 Å². The van der Waals surface area contributed by atoms with Gasteiger partial charge in [-0.15, -0.1) is 5.10 Å². The molecule has 0 aliphatic rings. The van der Waals surface area contributed by atoms with E-state index in [-0.39, 0.29) is 11.8 Å². The Morgan fingerprint density at radius 2 is 2.25 bits per heavy atom. The van der Waals surface area contributed by atoms with E-state index >= 15 is 0 Å². The van der Waals surface area contributed by atoms with Gasteiger partial charge in [0.05, 0.1) is 18.8 Å². The van der Waals surface area contributed by atoms with E-state index in [1.807, 2.05) is 0 Å². The van der Waals surface area contributed by atoms with Crippen molar-refractivity contribution in [3.05, 3.63) is 34.4 Å². The van der Waals surface area contributed by atoms with Crippen LogP contribution in [0.5, 0.6) is 0 Å². The molecule has 20 heavy (non-hydrogen) atoms. The van der Waals surface area contributed by atoms with E-state index in [9.17, 15) is 4.39 Å². The fourth-order valence-corrected chi connectivity index (χ4v) is 1.90. The van der Waals surface area contributed by atoms with Crippen LogP contribution >= 0.6 is 15.9 Å². The molecule has 1 aromatic heterocycles. The second-order valence-corrected chi connectivity index (χ2v) is 4.77. The topological polar surface area (TPSA) is 72.2 Å². The number of nitrogens with one attached hydrogen (secondary N) is 2. The molecular formula is C12H14BrFN4O2. The zero-order valence-corrected chi connectivity index (χ0v) is 12.4. The molecule has 0 aliphatic heterocycles. The lowest BCUT2D eigenvalue weighted by Gasteiger charge is -2.03. The van der Waals surface area contributed by atoms with E-state index in [0.29, 0.717) is 35.7 Å². The Morgan fingerprint density at radius 3 is 3.00 bits per heavy atom. The van der Waals surface area contributed by atoms with Crippen molar-refractivity contribution < 1.29 is 13.5 Å². The third-order valence-corrected chi connectivity index (χ3v) is 3.05. The molecule has 8 heteroatoms. The molecule has 1 heterocycles. The first kappa shape index (κ1) is 14.9. The molecule has 6 nitrogen and oxygen atoms in total. The zero-order valence-electron chi connectivity index (χ0n) is 10.8. The number of anilines is 2. The molecule has 2 N–H and O–H groups in total. The van der Waals surface area contributed by atoms with Gasteiger partial charge in [0.1, 0.15) is 5.82 Å². The van der Waals surface area contributed by atoms with Crippen molar-refractivity contribution >= 4 is 27.6 Å². The van der Waals surface area contributed by atoms with Gasteiger partial charge in [0.2, 0.25) is 5.89 Å². The second-order valence-electron chi connectivity index (χ2n) is 3.92. The van der Waals surface area contributed by atoms with Gasteiger partial charge >= 0.3 is 6.01 Å². The molecule has 0 aliphatic carbocycles. The first-order chi connectivity index (χ1) is 9.69. The van der Waals surface area contributed by atoms with E-state index in [1.54, 1.807) is 13.2 Å². The number of rotatable bonds is 7. The summed E-state index contributed by atoms with van der Waals surface area (Å²) in [6.45, 7) is 1.77. The smallest absolute Gasteiger partial charge is 0.320 e. The van der Waals surface area contributed by atoms with Crippen molar-refractivity contribution in [1.29, 1.82) is 0 Å². The highest BCUT2D eigenvalue weighted by atomic mass is 79.9. The van der Waals surface area contributed by atoms with Gasteiger partial charge in [-0.1, -0.05) is 5.10 Å². The quantitative estimate of drug-likeness (QED) is 0.751. The number of nitrogens with zero attached hydrogens (tertiary/aromatic N) is 2. The summed E-state index contributed by atoms with van der Waals surface area (Å²) in [4.78, 5) is 0. The normalized spacial score (nSPS) is 10.8. The van der Waals surface area contributed by atoms with Crippen molar-refractivity contribution in [1.82, 2.24) is 15.5 Å². The van der Waals surface area contributed by atoms with E-state index in [2.05, 4.69) is 36.8 Å². The number of hydrogen-bond acceptors (Lipinski definition) is 6. The maximum Gasteiger partial charge on any atom is 0.320 e. The minimum absolute atomic E-state index is 0.251. The van der Waals surface area contributed by atoms with Crippen LogP contribution in [0, 0.1) is 5.82 Å². The van der Waals surface area contributed by atoms with Gasteiger partial charge in [-0.05, 0) is 34.1 Å². The van der Waals surface area contributed by atoms with Crippen molar-refractivity contribution in [2.45, 2.75) is 6.54 Å². The lowest BCUT2D eigenvalue weighted by molar-refractivity contribution is 0.198. The van der Waals surface area contributed by atoms with Crippen molar-refractivity contribution in [2.75, 3.05) is 25.6 Å². The van der Waals surface area contributed by atoms with Gasteiger partial charge in [-0.2, -0.15) is 0 Å². The van der Waals surface area contributed by atoms with Gasteiger partial charge in [0.25, 0.3) is 0 Å². The maximum atomic E-state index is 13.0. The number of benzene rings is 1. The first-order valence-electron chi connectivity index (χ1n) is 5.93. The Labute approximate surface area is 123 Å². The molecule has 0 unspecified atom stereocenters. The number of aromatic nitrogens is 2. The second kappa shape index (κ2) is 7.32. The maximum absolute atomic E-state index is 13.0. The highest BCUT2D eigenvalue weighted by molar-refractivity contribution is 9.10. The van der Waals surface area contributed by atoms with Crippen molar-refractivity contribution in [3.63, 3.8) is 0 Å². The summed E-state index contributed by atoms with van der Waals surface area (Å²) in [5.74, 6) is 0.137. The summed E-state index contributed by atoms with van der Waals surface area (Å²) in [7, 11) is 1.64. The SMILES string of the molecule is COCCNCc1nnc(Nc2ccc(F)cc2Br)o1. The Bertz CT molecular complexity index is 564. The predicted octanol–water partition coefficient (Wildman–Crippen LogP) is 2.45. The van der Waals surface area contributed by atoms with E-state index in [1.165, 1.54) is 12.1 Å². The first-order valence-corrected chi connectivity index (χ1v) is 6.72. The summed E-state index contributed by atoms with van der Waals surface area (Å²) >= 11 is 3.25. The Kier molecular flexibility index (Phi) is 5.45. The Balaban J connectivity index is 1.92. The van der Waals surface area contributed by atoms with Gasteiger partial charge in [-0.3, -0.25) is 0 Å². The Hall–Kier alpha value is -1.51. The van der Waals surface area contributed by atoms with Crippen molar-refractivity contribution in [2.24, 2.45) is 0 Å². The predicted molar refractivity (Wildman–Crippen MR) is 75.3 cm³/mol. The van der Waals surface area contributed by atoms with Crippen LogP contribution < -0.4 is 10.6 Å². The molecule has 0 saturated heterocycles. The van der Waals surface area contributed by atoms with E-state index in [4.69, 9.17) is 9.15 Å². The van der Waals surface area contributed by atoms with Gasteiger partial charge in [-0.25, -0.2) is 4.39 Å². The number of hydrogen-bond donors (Lipinski definition) is 2. The molecule has 108 valence electrons. The average molecular weight is 345 g/mol. The molecule has 0 bridgehead atoms. The van der Waals surface area contributed by atoms with Gasteiger partial charge < -0.3 is 19.8 Å². The fraction of sp³-hybridized carbons (Fsp3) is 0.333. The molecule has 2 rings (SSSR count). The lowest BCUT2D eigenvalue weighted by atomic mass is 10.3. The fourth-order valence-electron chi connectivity index (χ4n) is 1.45. The molecule has 0 fully saturated rings. The standard InChI is InChI=1S/C12H14BrFN4O2/c1-19-5-4-15-7-11-17-18-12(20-11)16-10-3-2-8(14)6-9(10)13/h2-3,6,15H,4-5,7H2,1H3,(H,16,18). The molecule has 0 atom stereocenters. The van der Waals surface area contributed by atoms with Crippen LogP contribution in [-0.4, -0.2) is 30.5 Å². The largest absolute Gasteiger partial charge is 0.406 e. The number of methoxy groups -OCH3 is 1. The zero-order chi connectivity index (χ0) is 14.4.